The summed E-state index contributed by atoms with van der Waals surface area (Å²) in [5.41, 5.74) is 2.53. The Labute approximate surface area is 119 Å². The van der Waals surface area contributed by atoms with E-state index in [1.165, 1.54) is 18.2 Å². The molecule has 1 N–H and O–H groups in total. The second-order valence-corrected chi connectivity index (χ2v) is 5.07. The number of nitrogens with one attached hydrogen (secondary N) is 1. The average Bonchev–Trinajstić information content (AvgIpc) is 2.30. The number of hydrogen-bond donors (Lipinski definition) is 1. The first-order valence-corrected chi connectivity index (χ1v) is 6.47. The molecule has 5 heteroatoms. The van der Waals surface area contributed by atoms with E-state index in [-0.39, 0.29) is 11.5 Å². The van der Waals surface area contributed by atoms with Crippen molar-refractivity contribution in [3.8, 4) is 0 Å². The van der Waals surface area contributed by atoms with Crippen molar-refractivity contribution >= 4 is 27.5 Å². The molecule has 0 radical (unpaired) electrons. The van der Waals surface area contributed by atoms with Crippen LogP contribution in [0.15, 0.2) is 34.8 Å². The summed E-state index contributed by atoms with van der Waals surface area (Å²) in [6.45, 7) is 3.70. The Morgan fingerprint density at radius 1 is 1.21 bits per heavy atom. The predicted molar refractivity (Wildman–Crippen MR) is 75.8 cm³/mol. The topological polar surface area (TPSA) is 42.0 Å². The Morgan fingerprint density at radius 3 is 2.47 bits per heavy atom. The standard InChI is InChI=1S/C14H12BrFN2O/c1-8-5-11(6-9(2)17-8)18-14(19)12-7-10(16)3-4-13(12)15/h3-7H,1-2H3,(H,17,18,19). The van der Waals surface area contributed by atoms with Gasteiger partial charge in [0.05, 0.1) is 5.56 Å². The first-order valence-electron chi connectivity index (χ1n) is 5.67. The lowest BCUT2D eigenvalue weighted by Crippen LogP contribution is -2.13. The summed E-state index contributed by atoms with van der Waals surface area (Å²) in [5, 5.41) is 2.73. The van der Waals surface area contributed by atoms with Crippen LogP contribution in [0.4, 0.5) is 10.1 Å². The van der Waals surface area contributed by atoms with Gasteiger partial charge in [-0.05, 0) is 60.1 Å². The van der Waals surface area contributed by atoms with Gasteiger partial charge in [-0.25, -0.2) is 4.39 Å². The maximum Gasteiger partial charge on any atom is 0.256 e. The van der Waals surface area contributed by atoms with Gasteiger partial charge in [-0.3, -0.25) is 9.78 Å². The fourth-order valence-corrected chi connectivity index (χ4v) is 2.20. The van der Waals surface area contributed by atoms with Gasteiger partial charge in [0, 0.05) is 21.5 Å². The van der Waals surface area contributed by atoms with Crippen LogP contribution in [0.2, 0.25) is 0 Å². The number of hydrogen-bond acceptors (Lipinski definition) is 2. The van der Waals surface area contributed by atoms with Crippen molar-refractivity contribution in [3.05, 3.63) is 57.6 Å². The third kappa shape index (κ3) is 3.38. The van der Waals surface area contributed by atoms with Crippen LogP contribution in [-0.4, -0.2) is 10.9 Å². The van der Waals surface area contributed by atoms with Crippen LogP contribution in [0.5, 0.6) is 0 Å². The molecule has 0 saturated carbocycles. The van der Waals surface area contributed by atoms with Crippen LogP contribution in [0.25, 0.3) is 0 Å². The minimum absolute atomic E-state index is 0.257. The zero-order chi connectivity index (χ0) is 14.0. The second kappa shape index (κ2) is 5.48. The summed E-state index contributed by atoms with van der Waals surface area (Å²) in [6.07, 6.45) is 0. The molecule has 1 aromatic heterocycles. The molecular weight excluding hydrogens is 311 g/mol. The third-order valence-corrected chi connectivity index (χ3v) is 3.20. The Bertz CT molecular complexity index is 623. The van der Waals surface area contributed by atoms with E-state index in [4.69, 9.17) is 0 Å². The summed E-state index contributed by atoms with van der Waals surface area (Å²) in [4.78, 5) is 16.3. The van der Waals surface area contributed by atoms with Gasteiger partial charge < -0.3 is 5.32 Å². The monoisotopic (exact) mass is 322 g/mol. The number of amides is 1. The molecule has 19 heavy (non-hydrogen) atoms. The molecule has 0 fully saturated rings. The number of carbonyl (C=O) groups is 1. The van der Waals surface area contributed by atoms with E-state index in [2.05, 4.69) is 26.2 Å². The smallest absolute Gasteiger partial charge is 0.256 e. The third-order valence-electron chi connectivity index (χ3n) is 2.51. The molecule has 0 bridgehead atoms. The summed E-state index contributed by atoms with van der Waals surface area (Å²) in [7, 11) is 0. The summed E-state index contributed by atoms with van der Waals surface area (Å²) in [6, 6.07) is 7.52. The molecule has 2 aromatic rings. The maximum absolute atomic E-state index is 13.2. The second-order valence-electron chi connectivity index (χ2n) is 4.22. The largest absolute Gasteiger partial charge is 0.322 e. The first kappa shape index (κ1) is 13.7. The highest BCUT2D eigenvalue weighted by molar-refractivity contribution is 9.10. The number of benzene rings is 1. The zero-order valence-corrected chi connectivity index (χ0v) is 12.1. The molecule has 98 valence electrons. The molecule has 0 atom stereocenters. The zero-order valence-electron chi connectivity index (χ0n) is 10.5. The highest BCUT2D eigenvalue weighted by Crippen LogP contribution is 2.20. The molecule has 1 amide bonds. The van der Waals surface area contributed by atoms with Crippen molar-refractivity contribution in [2.75, 3.05) is 5.32 Å². The SMILES string of the molecule is Cc1cc(NC(=O)c2cc(F)ccc2Br)cc(C)n1. The Morgan fingerprint density at radius 2 is 1.84 bits per heavy atom. The molecule has 0 spiro atoms. The van der Waals surface area contributed by atoms with Crippen LogP contribution in [0.3, 0.4) is 0 Å². The van der Waals surface area contributed by atoms with Crippen molar-refractivity contribution < 1.29 is 9.18 Å². The number of anilines is 1. The van der Waals surface area contributed by atoms with E-state index < -0.39 is 5.82 Å². The fourth-order valence-electron chi connectivity index (χ4n) is 1.78. The van der Waals surface area contributed by atoms with E-state index in [0.29, 0.717) is 10.2 Å². The highest BCUT2D eigenvalue weighted by Gasteiger charge is 2.11. The van der Waals surface area contributed by atoms with Gasteiger partial charge in [-0.15, -0.1) is 0 Å². The molecule has 3 nitrogen and oxygen atoms in total. The van der Waals surface area contributed by atoms with Gasteiger partial charge in [-0.2, -0.15) is 0 Å². The van der Waals surface area contributed by atoms with E-state index >= 15 is 0 Å². The number of pyridine rings is 1. The minimum atomic E-state index is -0.449. The number of nitrogens with zero attached hydrogens (tertiary/aromatic N) is 1. The minimum Gasteiger partial charge on any atom is -0.322 e. The highest BCUT2D eigenvalue weighted by atomic mass is 79.9. The lowest BCUT2D eigenvalue weighted by atomic mass is 10.2. The molecule has 0 aliphatic heterocycles. The van der Waals surface area contributed by atoms with Gasteiger partial charge in [0.1, 0.15) is 5.82 Å². The maximum atomic E-state index is 13.2. The molecule has 0 aliphatic rings. The van der Waals surface area contributed by atoms with E-state index in [1.54, 1.807) is 12.1 Å². The number of halogens is 2. The van der Waals surface area contributed by atoms with Crippen LogP contribution < -0.4 is 5.32 Å². The first-order chi connectivity index (χ1) is 8.95. The molecule has 1 aromatic carbocycles. The molecule has 1 heterocycles. The van der Waals surface area contributed by atoms with E-state index in [0.717, 1.165) is 11.4 Å². The lowest BCUT2D eigenvalue weighted by molar-refractivity contribution is 0.102. The van der Waals surface area contributed by atoms with Crippen LogP contribution >= 0.6 is 15.9 Å². The number of aromatic nitrogens is 1. The molecule has 2 rings (SSSR count). The summed E-state index contributed by atoms with van der Waals surface area (Å²) < 4.78 is 13.7. The van der Waals surface area contributed by atoms with Crippen molar-refractivity contribution in [3.63, 3.8) is 0 Å². The van der Waals surface area contributed by atoms with Crippen LogP contribution in [0.1, 0.15) is 21.7 Å². The van der Waals surface area contributed by atoms with Gasteiger partial charge in [-0.1, -0.05) is 0 Å². The quantitative estimate of drug-likeness (QED) is 0.912. The van der Waals surface area contributed by atoms with Crippen LogP contribution in [0, 0.1) is 19.7 Å². The summed E-state index contributed by atoms with van der Waals surface area (Å²) >= 11 is 3.23. The number of rotatable bonds is 2. The summed E-state index contributed by atoms with van der Waals surface area (Å²) in [5.74, 6) is -0.813. The van der Waals surface area contributed by atoms with Gasteiger partial charge in [0.25, 0.3) is 5.91 Å². The van der Waals surface area contributed by atoms with Crippen molar-refractivity contribution in [1.82, 2.24) is 4.98 Å². The number of carbonyl (C=O) groups excluding carboxylic acids is 1. The normalized spacial score (nSPS) is 10.3. The molecular formula is C14H12BrFN2O. The van der Waals surface area contributed by atoms with Gasteiger partial charge >= 0.3 is 0 Å². The van der Waals surface area contributed by atoms with Crippen LogP contribution in [-0.2, 0) is 0 Å². The van der Waals surface area contributed by atoms with Gasteiger partial charge in [0.15, 0.2) is 0 Å². The number of aryl methyl sites for hydroxylation is 2. The lowest BCUT2D eigenvalue weighted by Gasteiger charge is -2.08. The van der Waals surface area contributed by atoms with Gasteiger partial charge in [0.2, 0.25) is 0 Å². The van der Waals surface area contributed by atoms with Crippen molar-refractivity contribution in [2.24, 2.45) is 0 Å². The Hall–Kier alpha value is -1.75. The van der Waals surface area contributed by atoms with E-state index in [1.807, 2.05) is 13.8 Å². The Kier molecular flexibility index (Phi) is 3.95. The van der Waals surface area contributed by atoms with Crippen molar-refractivity contribution in [1.29, 1.82) is 0 Å². The molecule has 0 aliphatic carbocycles. The molecule has 0 unspecified atom stereocenters. The predicted octanol–water partition coefficient (Wildman–Crippen LogP) is 3.85. The fraction of sp³-hybridized carbons (Fsp3) is 0.143. The average molecular weight is 323 g/mol. The molecule has 0 saturated heterocycles. The van der Waals surface area contributed by atoms with Crippen molar-refractivity contribution in [2.45, 2.75) is 13.8 Å². The Balaban J connectivity index is 2.28. The van der Waals surface area contributed by atoms with E-state index in [9.17, 15) is 9.18 Å².